The van der Waals surface area contributed by atoms with Crippen molar-refractivity contribution >= 4 is 11.9 Å². The fourth-order valence-corrected chi connectivity index (χ4v) is 2.29. The largest absolute Gasteiger partial charge is 0.395 e. The molecule has 19 heavy (non-hydrogen) atoms. The van der Waals surface area contributed by atoms with E-state index in [0.717, 1.165) is 25.7 Å². The van der Waals surface area contributed by atoms with Crippen LogP contribution in [0.2, 0.25) is 0 Å². The molecule has 0 saturated heterocycles. The molecular formula is C13H25N3O3. The first-order valence-electron chi connectivity index (χ1n) is 6.98. The van der Waals surface area contributed by atoms with E-state index in [-0.39, 0.29) is 31.1 Å². The fraction of sp³-hybridized carbons (Fsp3) is 0.846. The molecule has 0 heterocycles. The molecule has 0 aromatic carbocycles. The summed E-state index contributed by atoms with van der Waals surface area (Å²) in [4.78, 5) is 25.1. The number of hydrogen-bond acceptors (Lipinski definition) is 4. The smallest absolute Gasteiger partial charge is 0.321 e. The van der Waals surface area contributed by atoms with Gasteiger partial charge in [0.2, 0.25) is 5.91 Å². The summed E-state index contributed by atoms with van der Waals surface area (Å²) in [7, 11) is 0. The lowest BCUT2D eigenvalue weighted by atomic mass is 10.2. The normalized spacial score (nSPS) is 16.1. The second kappa shape index (κ2) is 8.12. The Balaban J connectivity index is 2.30. The van der Waals surface area contributed by atoms with Crippen molar-refractivity contribution in [1.82, 2.24) is 15.5 Å². The van der Waals surface area contributed by atoms with E-state index in [0.29, 0.717) is 6.54 Å². The first-order valence-corrected chi connectivity index (χ1v) is 6.98. The van der Waals surface area contributed by atoms with Crippen molar-refractivity contribution in [1.29, 1.82) is 0 Å². The van der Waals surface area contributed by atoms with Gasteiger partial charge in [-0.2, -0.15) is 0 Å². The first kappa shape index (κ1) is 15.9. The van der Waals surface area contributed by atoms with E-state index in [1.54, 1.807) is 0 Å². The number of aliphatic hydroxyl groups is 1. The highest BCUT2D eigenvalue weighted by Gasteiger charge is 2.19. The predicted molar refractivity (Wildman–Crippen MR) is 72.7 cm³/mol. The number of carbonyl (C=O) groups excluding carboxylic acids is 2. The summed E-state index contributed by atoms with van der Waals surface area (Å²) in [6.45, 7) is 4.44. The molecule has 6 heteroatoms. The molecule has 0 bridgehead atoms. The molecule has 1 saturated carbocycles. The highest BCUT2D eigenvalue weighted by Crippen LogP contribution is 2.17. The van der Waals surface area contributed by atoms with Crippen LogP contribution in [-0.4, -0.2) is 53.7 Å². The van der Waals surface area contributed by atoms with Gasteiger partial charge in [-0.25, -0.2) is 4.79 Å². The molecule has 0 aromatic heterocycles. The summed E-state index contributed by atoms with van der Waals surface area (Å²) < 4.78 is 0. The number of rotatable bonds is 6. The molecule has 0 atom stereocenters. The summed E-state index contributed by atoms with van der Waals surface area (Å²) in [6.07, 6.45) is 4.25. The third-order valence-electron chi connectivity index (χ3n) is 3.41. The topological polar surface area (TPSA) is 81.7 Å². The molecule has 1 aliphatic rings. The van der Waals surface area contributed by atoms with Gasteiger partial charge in [0.15, 0.2) is 0 Å². The maximum atomic E-state index is 11.7. The summed E-state index contributed by atoms with van der Waals surface area (Å²) in [5.74, 6) is -0.336. The van der Waals surface area contributed by atoms with Crippen molar-refractivity contribution in [2.24, 2.45) is 0 Å². The van der Waals surface area contributed by atoms with E-state index in [1.807, 2.05) is 18.7 Å². The Labute approximate surface area is 114 Å². The Hall–Kier alpha value is -1.14. The van der Waals surface area contributed by atoms with Gasteiger partial charge in [-0.1, -0.05) is 12.8 Å². The Morgan fingerprint density at radius 1 is 1.32 bits per heavy atom. The van der Waals surface area contributed by atoms with Crippen LogP contribution in [0.25, 0.3) is 0 Å². The van der Waals surface area contributed by atoms with Crippen LogP contribution in [0.1, 0.15) is 39.5 Å². The molecule has 0 aromatic rings. The molecule has 1 aliphatic carbocycles. The molecule has 1 rings (SSSR count). The predicted octanol–water partition coefficient (Wildman–Crippen LogP) is 0.458. The van der Waals surface area contributed by atoms with Crippen LogP contribution < -0.4 is 10.6 Å². The Morgan fingerprint density at radius 3 is 2.47 bits per heavy atom. The lowest BCUT2D eigenvalue weighted by Crippen LogP contribution is -2.48. The van der Waals surface area contributed by atoms with Crippen LogP contribution >= 0.6 is 0 Å². The van der Waals surface area contributed by atoms with E-state index >= 15 is 0 Å². The van der Waals surface area contributed by atoms with Gasteiger partial charge in [-0.05, 0) is 26.7 Å². The van der Waals surface area contributed by atoms with Crippen LogP contribution in [0.15, 0.2) is 0 Å². The highest BCUT2D eigenvalue weighted by atomic mass is 16.3. The average Bonchev–Trinajstić information content (AvgIpc) is 2.80. The molecule has 3 N–H and O–H groups in total. The van der Waals surface area contributed by atoms with Gasteiger partial charge in [-0.15, -0.1) is 0 Å². The van der Waals surface area contributed by atoms with Crippen LogP contribution in [0.5, 0.6) is 0 Å². The Bertz CT molecular complexity index is 302. The number of hydrogen-bond donors (Lipinski definition) is 3. The van der Waals surface area contributed by atoms with Crippen molar-refractivity contribution < 1.29 is 14.7 Å². The minimum atomic E-state index is -0.412. The lowest BCUT2D eigenvalue weighted by Gasteiger charge is -2.24. The monoisotopic (exact) mass is 271 g/mol. The van der Waals surface area contributed by atoms with E-state index in [4.69, 9.17) is 5.11 Å². The number of imide groups is 1. The maximum Gasteiger partial charge on any atom is 0.321 e. The zero-order chi connectivity index (χ0) is 14.3. The Kier molecular flexibility index (Phi) is 6.80. The zero-order valence-corrected chi connectivity index (χ0v) is 11.8. The first-order chi connectivity index (χ1) is 9.02. The van der Waals surface area contributed by atoms with Crippen LogP contribution in [0.4, 0.5) is 4.79 Å². The van der Waals surface area contributed by atoms with Gasteiger partial charge in [0, 0.05) is 18.6 Å². The molecule has 3 amide bonds. The summed E-state index contributed by atoms with van der Waals surface area (Å²) in [6, 6.07) is -0.0631. The van der Waals surface area contributed by atoms with Gasteiger partial charge < -0.3 is 10.4 Å². The van der Waals surface area contributed by atoms with Gasteiger partial charge in [0.05, 0.1) is 13.2 Å². The maximum absolute atomic E-state index is 11.7. The number of amides is 3. The van der Waals surface area contributed by atoms with E-state index in [1.165, 1.54) is 0 Å². The second-order valence-corrected chi connectivity index (χ2v) is 5.29. The Morgan fingerprint density at radius 2 is 1.95 bits per heavy atom. The van der Waals surface area contributed by atoms with Crippen molar-refractivity contribution in [2.45, 2.75) is 51.6 Å². The van der Waals surface area contributed by atoms with E-state index in [2.05, 4.69) is 10.6 Å². The number of urea groups is 1. The van der Waals surface area contributed by atoms with Crippen molar-refractivity contribution in [3.8, 4) is 0 Å². The third-order valence-corrected chi connectivity index (χ3v) is 3.41. The molecule has 6 nitrogen and oxygen atoms in total. The van der Waals surface area contributed by atoms with Crippen LogP contribution in [0, 0.1) is 0 Å². The molecule has 0 radical (unpaired) electrons. The highest BCUT2D eigenvalue weighted by molar-refractivity contribution is 5.95. The molecule has 0 spiro atoms. The third kappa shape index (κ3) is 6.02. The van der Waals surface area contributed by atoms with Crippen molar-refractivity contribution in [2.75, 3.05) is 19.7 Å². The molecule has 0 aliphatic heterocycles. The summed E-state index contributed by atoms with van der Waals surface area (Å²) in [5.41, 5.74) is 0. The summed E-state index contributed by atoms with van der Waals surface area (Å²) >= 11 is 0. The number of nitrogens with one attached hydrogen (secondary N) is 2. The van der Waals surface area contributed by atoms with Gasteiger partial charge in [0.25, 0.3) is 0 Å². The minimum Gasteiger partial charge on any atom is -0.395 e. The van der Waals surface area contributed by atoms with Gasteiger partial charge >= 0.3 is 6.03 Å². The standard InChI is InChI=1S/C13H25N3O3/c1-10(2)16(7-8-17)9-12(18)15-13(19)14-11-5-3-4-6-11/h10-11,17H,3-9H2,1-2H3,(H2,14,15,18,19). The van der Waals surface area contributed by atoms with Crippen molar-refractivity contribution in [3.05, 3.63) is 0 Å². The van der Waals surface area contributed by atoms with Crippen LogP contribution in [0.3, 0.4) is 0 Å². The number of carbonyl (C=O) groups is 2. The molecule has 0 unspecified atom stereocenters. The second-order valence-electron chi connectivity index (χ2n) is 5.29. The fourth-order valence-electron chi connectivity index (χ4n) is 2.29. The van der Waals surface area contributed by atoms with Crippen LogP contribution in [-0.2, 0) is 4.79 Å². The SMILES string of the molecule is CC(C)N(CCO)CC(=O)NC(=O)NC1CCCC1. The number of nitrogens with zero attached hydrogens (tertiary/aromatic N) is 1. The summed E-state index contributed by atoms with van der Waals surface area (Å²) in [5, 5.41) is 14.1. The van der Waals surface area contributed by atoms with Crippen molar-refractivity contribution in [3.63, 3.8) is 0 Å². The van der Waals surface area contributed by atoms with Gasteiger partial charge in [0.1, 0.15) is 0 Å². The molecular weight excluding hydrogens is 246 g/mol. The lowest BCUT2D eigenvalue weighted by molar-refractivity contribution is -0.121. The van der Waals surface area contributed by atoms with E-state index in [9.17, 15) is 9.59 Å². The quantitative estimate of drug-likeness (QED) is 0.655. The van der Waals surface area contributed by atoms with Gasteiger partial charge in [-0.3, -0.25) is 15.0 Å². The molecule has 110 valence electrons. The average molecular weight is 271 g/mol. The molecule has 1 fully saturated rings. The minimum absolute atomic E-state index is 0.000267. The number of aliphatic hydroxyl groups excluding tert-OH is 1. The van der Waals surface area contributed by atoms with E-state index < -0.39 is 6.03 Å². The zero-order valence-electron chi connectivity index (χ0n) is 11.8.